The predicted octanol–water partition coefficient (Wildman–Crippen LogP) is 4.21. The first-order valence-corrected chi connectivity index (χ1v) is 7.54. The molecule has 0 fully saturated rings. The van der Waals surface area contributed by atoms with Gasteiger partial charge in [0.1, 0.15) is 12.4 Å². The lowest BCUT2D eigenvalue weighted by molar-refractivity contribution is 0.293. The van der Waals surface area contributed by atoms with Crippen molar-refractivity contribution in [1.29, 1.82) is 5.26 Å². The molecule has 0 radical (unpaired) electrons. The fraction of sp³-hybridized carbons (Fsp3) is 0.100. The summed E-state index contributed by atoms with van der Waals surface area (Å²) in [7, 11) is 0. The first-order chi connectivity index (χ1) is 11.7. The van der Waals surface area contributed by atoms with Crippen molar-refractivity contribution >= 4 is 0 Å². The molecule has 4 heteroatoms. The van der Waals surface area contributed by atoms with Gasteiger partial charge < -0.3 is 9.84 Å². The molecule has 118 valence electrons. The van der Waals surface area contributed by atoms with Crippen molar-refractivity contribution in [2.24, 2.45) is 0 Å². The van der Waals surface area contributed by atoms with Crippen LogP contribution in [0, 0.1) is 18.3 Å². The third-order valence-electron chi connectivity index (χ3n) is 3.73. The number of pyridine rings is 1. The summed E-state index contributed by atoms with van der Waals surface area (Å²) >= 11 is 0. The molecule has 0 bridgehead atoms. The first kappa shape index (κ1) is 15.6. The molecular weight excluding hydrogens is 300 g/mol. The number of rotatable bonds is 4. The highest BCUT2D eigenvalue weighted by atomic mass is 16.5. The highest BCUT2D eigenvalue weighted by molar-refractivity contribution is 5.60. The molecule has 24 heavy (non-hydrogen) atoms. The van der Waals surface area contributed by atoms with Crippen molar-refractivity contribution in [1.82, 2.24) is 4.98 Å². The van der Waals surface area contributed by atoms with Crippen molar-refractivity contribution < 1.29 is 9.84 Å². The quantitative estimate of drug-likeness (QED) is 0.783. The molecular formula is C20H16N2O2. The highest BCUT2D eigenvalue weighted by Gasteiger charge is 2.05. The zero-order valence-corrected chi connectivity index (χ0v) is 13.2. The second-order valence-corrected chi connectivity index (χ2v) is 5.45. The maximum Gasteiger partial charge on any atom is 0.214 e. The van der Waals surface area contributed by atoms with Crippen LogP contribution in [0.5, 0.6) is 11.6 Å². The van der Waals surface area contributed by atoms with E-state index >= 15 is 0 Å². The summed E-state index contributed by atoms with van der Waals surface area (Å²) in [6, 6.07) is 20.1. The van der Waals surface area contributed by atoms with Crippen LogP contribution < -0.4 is 4.74 Å². The topological polar surface area (TPSA) is 66.1 Å². The van der Waals surface area contributed by atoms with Crippen molar-refractivity contribution in [3.8, 4) is 29.0 Å². The van der Waals surface area contributed by atoms with Crippen LogP contribution in [0.3, 0.4) is 0 Å². The number of aryl methyl sites for hydroxylation is 1. The van der Waals surface area contributed by atoms with E-state index in [-0.39, 0.29) is 5.75 Å². The van der Waals surface area contributed by atoms with Gasteiger partial charge in [0, 0.05) is 11.6 Å². The normalized spacial score (nSPS) is 10.2. The standard InChI is InChI=1S/C20H16N2O2/c1-14-11-15(12-21)5-6-17(14)13-24-20-4-2-3-19(22-20)16-7-9-18(23)10-8-16/h2-11,23H,13H2,1H3. The molecule has 4 nitrogen and oxygen atoms in total. The lowest BCUT2D eigenvalue weighted by Crippen LogP contribution is -2.00. The van der Waals surface area contributed by atoms with E-state index in [0.29, 0.717) is 18.1 Å². The van der Waals surface area contributed by atoms with E-state index in [4.69, 9.17) is 10.00 Å². The molecule has 0 aliphatic rings. The maximum absolute atomic E-state index is 9.37. The summed E-state index contributed by atoms with van der Waals surface area (Å²) in [5.41, 5.74) is 4.37. The number of hydrogen-bond acceptors (Lipinski definition) is 4. The fourth-order valence-electron chi connectivity index (χ4n) is 2.37. The molecule has 0 aliphatic carbocycles. The predicted molar refractivity (Wildman–Crippen MR) is 91.6 cm³/mol. The summed E-state index contributed by atoms with van der Waals surface area (Å²) in [6.07, 6.45) is 0. The molecule has 0 saturated carbocycles. The van der Waals surface area contributed by atoms with Crippen LogP contribution in [-0.4, -0.2) is 10.1 Å². The van der Waals surface area contributed by atoms with Crippen LogP contribution in [0.25, 0.3) is 11.3 Å². The van der Waals surface area contributed by atoms with Crippen molar-refractivity contribution in [2.75, 3.05) is 0 Å². The zero-order chi connectivity index (χ0) is 16.9. The molecule has 3 rings (SSSR count). The van der Waals surface area contributed by atoms with Crippen LogP contribution in [0.4, 0.5) is 0 Å². The van der Waals surface area contributed by atoms with E-state index in [1.807, 2.05) is 49.4 Å². The van der Waals surface area contributed by atoms with Gasteiger partial charge in [-0.15, -0.1) is 0 Å². The Kier molecular flexibility index (Phi) is 4.44. The molecule has 1 aromatic heterocycles. The minimum absolute atomic E-state index is 0.224. The van der Waals surface area contributed by atoms with E-state index in [2.05, 4.69) is 11.1 Å². The van der Waals surface area contributed by atoms with Gasteiger partial charge in [0.05, 0.1) is 17.3 Å². The Labute approximate surface area is 140 Å². The zero-order valence-electron chi connectivity index (χ0n) is 13.2. The van der Waals surface area contributed by atoms with Gasteiger partial charge in [0.2, 0.25) is 5.88 Å². The number of hydrogen-bond donors (Lipinski definition) is 1. The van der Waals surface area contributed by atoms with Crippen molar-refractivity contribution in [3.05, 3.63) is 77.4 Å². The second-order valence-electron chi connectivity index (χ2n) is 5.45. The van der Waals surface area contributed by atoms with Crippen molar-refractivity contribution in [3.63, 3.8) is 0 Å². The smallest absolute Gasteiger partial charge is 0.214 e. The Hall–Kier alpha value is -3.32. The minimum atomic E-state index is 0.224. The Morgan fingerprint density at radius 1 is 1.08 bits per heavy atom. The summed E-state index contributed by atoms with van der Waals surface area (Å²) < 4.78 is 5.79. The third-order valence-corrected chi connectivity index (χ3v) is 3.73. The maximum atomic E-state index is 9.37. The van der Waals surface area contributed by atoms with E-state index in [1.54, 1.807) is 18.2 Å². The van der Waals surface area contributed by atoms with E-state index in [1.165, 1.54) is 0 Å². The van der Waals surface area contributed by atoms with E-state index in [9.17, 15) is 5.11 Å². The monoisotopic (exact) mass is 316 g/mol. The third kappa shape index (κ3) is 3.53. The summed E-state index contributed by atoms with van der Waals surface area (Å²) in [5, 5.41) is 18.3. The number of nitriles is 1. The molecule has 0 amide bonds. The van der Waals surface area contributed by atoms with Gasteiger partial charge >= 0.3 is 0 Å². The largest absolute Gasteiger partial charge is 0.508 e. The number of aromatic nitrogens is 1. The molecule has 2 aromatic carbocycles. The Bertz CT molecular complexity index is 896. The lowest BCUT2D eigenvalue weighted by atomic mass is 10.1. The molecule has 1 heterocycles. The SMILES string of the molecule is Cc1cc(C#N)ccc1COc1cccc(-c2ccc(O)cc2)n1. The molecule has 0 aliphatic heterocycles. The van der Waals surface area contributed by atoms with Crippen molar-refractivity contribution in [2.45, 2.75) is 13.5 Å². The van der Waals surface area contributed by atoms with Gasteiger partial charge in [0.25, 0.3) is 0 Å². The average Bonchev–Trinajstić information content (AvgIpc) is 2.61. The number of phenols is 1. The molecule has 0 saturated heterocycles. The number of aromatic hydroxyl groups is 1. The van der Waals surface area contributed by atoms with Gasteiger partial charge in [-0.05, 0) is 60.5 Å². The summed E-state index contributed by atoms with van der Waals surface area (Å²) in [4.78, 5) is 4.49. The molecule has 3 aromatic rings. The van der Waals surface area contributed by atoms with Crippen LogP contribution in [0.1, 0.15) is 16.7 Å². The van der Waals surface area contributed by atoms with Crippen LogP contribution in [0.15, 0.2) is 60.7 Å². The first-order valence-electron chi connectivity index (χ1n) is 7.54. The number of nitrogens with zero attached hydrogens (tertiary/aromatic N) is 2. The lowest BCUT2D eigenvalue weighted by Gasteiger charge is -2.09. The fourth-order valence-corrected chi connectivity index (χ4v) is 2.37. The summed E-state index contributed by atoms with van der Waals surface area (Å²) in [5.74, 6) is 0.756. The summed E-state index contributed by atoms with van der Waals surface area (Å²) in [6.45, 7) is 2.35. The van der Waals surface area contributed by atoms with Gasteiger partial charge in [0.15, 0.2) is 0 Å². The highest BCUT2D eigenvalue weighted by Crippen LogP contribution is 2.22. The van der Waals surface area contributed by atoms with Crippen LogP contribution >= 0.6 is 0 Å². The number of ether oxygens (including phenoxy) is 1. The van der Waals surface area contributed by atoms with Crippen LogP contribution in [-0.2, 0) is 6.61 Å². The van der Waals surface area contributed by atoms with Gasteiger partial charge in [-0.1, -0.05) is 12.1 Å². The minimum Gasteiger partial charge on any atom is -0.508 e. The Morgan fingerprint density at radius 2 is 1.88 bits per heavy atom. The second kappa shape index (κ2) is 6.84. The Balaban J connectivity index is 1.76. The van der Waals surface area contributed by atoms with Crippen LogP contribution in [0.2, 0.25) is 0 Å². The Morgan fingerprint density at radius 3 is 2.58 bits per heavy atom. The van der Waals surface area contributed by atoms with Gasteiger partial charge in [-0.3, -0.25) is 0 Å². The molecule has 0 spiro atoms. The number of benzene rings is 2. The average molecular weight is 316 g/mol. The molecule has 0 unspecified atom stereocenters. The van der Waals surface area contributed by atoms with Gasteiger partial charge in [-0.25, -0.2) is 4.98 Å². The molecule has 1 N–H and O–H groups in total. The van der Waals surface area contributed by atoms with Gasteiger partial charge in [-0.2, -0.15) is 5.26 Å². The van der Waals surface area contributed by atoms with E-state index in [0.717, 1.165) is 22.4 Å². The number of phenolic OH excluding ortho intramolecular Hbond substituents is 1. The molecule has 0 atom stereocenters. The van der Waals surface area contributed by atoms with E-state index < -0.39 is 0 Å².